The largest absolute Gasteiger partial charge is 0.326 e. The van der Waals surface area contributed by atoms with Crippen LogP contribution in [0.1, 0.15) is 13.8 Å². The number of hydrogen-bond acceptors (Lipinski definition) is 4. The Labute approximate surface area is 91.6 Å². The molecule has 0 radical (unpaired) electrons. The summed E-state index contributed by atoms with van der Waals surface area (Å²) in [5, 5.41) is 2.82. The molecule has 2 rings (SSSR count). The molecule has 1 heterocycles. The van der Waals surface area contributed by atoms with Gasteiger partial charge in [0.15, 0.2) is 0 Å². The molecule has 0 aliphatic rings. The van der Waals surface area contributed by atoms with E-state index in [9.17, 15) is 4.79 Å². The summed E-state index contributed by atoms with van der Waals surface area (Å²) in [6.45, 7) is 3.72. The zero-order valence-electron chi connectivity index (χ0n) is 8.52. The van der Waals surface area contributed by atoms with E-state index < -0.39 is 0 Å². The standard InChI is InChI=1S/C10H11N3OS/c1-6(2)10(14)11-7-3-4-8-9(5-7)13-15-12-8/h3-6H,1-2H3,(H,11,14). The van der Waals surface area contributed by atoms with E-state index in [4.69, 9.17) is 0 Å². The number of benzene rings is 1. The molecule has 15 heavy (non-hydrogen) atoms. The van der Waals surface area contributed by atoms with E-state index in [2.05, 4.69) is 14.1 Å². The van der Waals surface area contributed by atoms with E-state index >= 15 is 0 Å². The highest BCUT2D eigenvalue weighted by Gasteiger charge is 2.07. The fourth-order valence-electron chi connectivity index (χ4n) is 1.15. The summed E-state index contributed by atoms with van der Waals surface area (Å²) in [6, 6.07) is 5.53. The van der Waals surface area contributed by atoms with Gasteiger partial charge in [-0.1, -0.05) is 13.8 Å². The molecule has 0 aliphatic heterocycles. The summed E-state index contributed by atoms with van der Waals surface area (Å²) < 4.78 is 8.20. The van der Waals surface area contributed by atoms with Crippen molar-refractivity contribution in [3.05, 3.63) is 18.2 Å². The molecule has 0 unspecified atom stereocenters. The van der Waals surface area contributed by atoms with Crippen LogP contribution in [0.25, 0.3) is 11.0 Å². The fourth-order valence-corrected chi connectivity index (χ4v) is 1.66. The minimum absolute atomic E-state index is 0.0116. The molecule has 1 aromatic heterocycles. The van der Waals surface area contributed by atoms with Gasteiger partial charge in [0, 0.05) is 11.6 Å². The van der Waals surface area contributed by atoms with Crippen molar-refractivity contribution < 1.29 is 4.79 Å². The van der Waals surface area contributed by atoms with E-state index in [1.807, 2.05) is 32.0 Å². The van der Waals surface area contributed by atoms with Crippen molar-refractivity contribution in [2.24, 2.45) is 5.92 Å². The van der Waals surface area contributed by atoms with Crippen LogP contribution in [-0.4, -0.2) is 14.7 Å². The van der Waals surface area contributed by atoms with Gasteiger partial charge in [0.05, 0.1) is 11.7 Å². The summed E-state index contributed by atoms with van der Waals surface area (Å²) in [7, 11) is 0. The number of hydrogen-bond donors (Lipinski definition) is 1. The maximum atomic E-state index is 11.4. The molecule has 0 spiro atoms. The van der Waals surface area contributed by atoms with Crippen molar-refractivity contribution in [2.75, 3.05) is 5.32 Å². The van der Waals surface area contributed by atoms with Gasteiger partial charge in [0.2, 0.25) is 5.91 Å². The molecule has 0 saturated carbocycles. The zero-order valence-corrected chi connectivity index (χ0v) is 9.34. The lowest BCUT2D eigenvalue weighted by Gasteiger charge is -2.06. The molecule has 2 aromatic rings. The first-order chi connectivity index (χ1) is 7.16. The number of nitrogens with one attached hydrogen (secondary N) is 1. The maximum Gasteiger partial charge on any atom is 0.226 e. The summed E-state index contributed by atoms with van der Waals surface area (Å²) in [4.78, 5) is 11.4. The molecule has 0 bridgehead atoms. The number of nitrogens with zero attached hydrogens (tertiary/aromatic N) is 2. The summed E-state index contributed by atoms with van der Waals surface area (Å²) >= 11 is 1.17. The third kappa shape index (κ3) is 2.12. The van der Waals surface area contributed by atoms with E-state index in [-0.39, 0.29) is 11.8 Å². The minimum Gasteiger partial charge on any atom is -0.326 e. The number of rotatable bonds is 2. The fraction of sp³-hybridized carbons (Fsp3) is 0.300. The van der Waals surface area contributed by atoms with Crippen LogP contribution in [0, 0.1) is 5.92 Å². The Morgan fingerprint density at radius 2 is 2.07 bits per heavy atom. The predicted octanol–water partition coefficient (Wildman–Crippen LogP) is 2.29. The van der Waals surface area contributed by atoms with Gasteiger partial charge in [-0.25, -0.2) is 0 Å². The Bertz CT molecular complexity index is 492. The summed E-state index contributed by atoms with van der Waals surface area (Å²) in [5.41, 5.74) is 2.46. The third-order valence-corrected chi connectivity index (χ3v) is 2.60. The highest BCUT2D eigenvalue weighted by Crippen LogP contribution is 2.17. The molecule has 0 atom stereocenters. The molecule has 1 aromatic carbocycles. The van der Waals surface area contributed by atoms with E-state index in [0.717, 1.165) is 16.7 Å². The highest BCUT2D eigenvalue weighted by molar-refractivity contribution is 7.00. The van der Waals surface area contributed by atoms with Crippen LogP contribution in [0.15, 0.2) is 18.2 Å². The van der Waals surface area contributed by atoms with Crippen molar-refractivity contribution in [1.29, 1.82) is 0 Å². The quantitative estimate of drug-likeness (QED) is 0.846. The Hall–Kier alpha value is -1.49. The average Bonchev–Trinajstić information content (AvgIpc) is 2.64. The minimum atomic E-state index is -0.0192. The second kappa shape index (κ2) is 3.94. The summed E-state index contributed by atoms with van der Waals surface area (Å²) in [6.07, 6.45) is 0. The SMILES string of the molecule is CC(C)C(=O)Nc1ccc2nsnc2c1. The molecule has 4 nitrogen and oxygen atoms in total. The number of anilines is 1. The van der Waals surface area contributed by atoms with Gasteiger partial charge >= 0.3 is 0 Å². The van der Waals surface area contributed by atoms with Gasteiger partial charge in [0.25, 0.3) is 0 Å². The normalized spacial score (nSPS) is 10.9. The van der Waals surface area contributed by atoms with E-state index in [1.54, 1.807) is 0 Å². The lowest BCUT2D eigenvalue weighted by atomic mass is 10.2. The van der Waals surface area contributed by atoms with Crippen molar-refractivity contribution in [1.82, 2.24) is 8.75 Å². The van der Waals surface area contributed by atoms with Gasteiger partial charge in [-0.3, -0.25) is 4.79 Å². The molecular formula is C10H11N3OS. The third-order valence-electron chi connectivity index (χ3n) is 2.05. The van der Waals surface area contributed by atoms with E-state index in [1.165, 1.54) is 11.7 Å². The lowest BCUT2D eigenvalue weighted by Crippen LogP contribution is -2.17. The molecule has 0 aliphatic carbocycles. The van der Waals surface area contributed by atoms with Gasteiger partial charge in [-0.15, -0.1) is 0 Å². The van der Waals surface area contributed by atoms with Gasteiger partial charge < -0.3 is 5.32 Å². The van der Waals surface area contributed by atoms with Crippen LogP contribution in [-0.2, 0) is 4.79 Å². The van der Waals surface area contributed by atoms with Crippen LogP contribution in [0.2, 0.25) is 0 Å². The zero-order chi connectivity index (χ0) is 10.8. The van der Waals surface area contributed by atoms with Crippen molar-refractivity contribution in [2.45, 2.75) is 13.8 Å². The number of carbonyl (C=O) groups is 1. The molecular weight excluding hydrogens is 210 g/mol. The molecule has 0 saturated heterocycles. The summed E-state index contributed by atoms with van der Waals surface area (Å²) in [5.74, 6) is -0.00760. The Morgan fingerprint density at radius 1 is 1.33 bits per heavy atom. The van der Waals surface area contributed by atoms with Gasteiger partial charge in [-0.05, 0) is 18.2 Å². The number of carbonyl (C=O) groups excluding carboxylic acids is 1. The molecule has 1 N–H and O–H groups in total. The Morgan fingerprint density at radius 3 is 2.80 bits per heavy atom. The van der Waals surface area contributed by atoms with Crippen LogP contribution in [0.4, 0.5) is 5.69 Å². The van der Waals surface area contributed by atoms with Gasteiger partial charge in [0.1, 0.15) is 11.0 Å². The first-order valence-electron chi connectivity index (χ1n) is 4.70. The Kier molecular flexibility index (Phi) is 2.64. The first kappa shape index (κ1) is 10.0. The van der Waals surface area contributed by atoms with Crippen LogP contribution in [0.3, 0.4) is 0 Å². The molecule has 5 heteroatoms. The van der Waals surface area contributed by atoms with Crippen molar-refractivity contribution in [3.8, 4) is 0 Å². The topological polar surface area (TPSA) is 54.9 Å². The number of fused-ring (bicyclic) bond motifs is 1. The van der Waals surface area contributed by atoms with Crippen LogP contribution in [0.5, 0.6) is 0 Å². The highest BCUT2D eigenvalue weighted by atomic mass is 32.1. The van der Waals surface area contributed by atoms with E-state index in [0.29, 0.717) is 0 Å². The number of amides is 1. The van der Waals surface area contributed by atoms with Gasteiger partial charge in [-0.2, -0.15) is 8.75 Å². The second-order valence-corrected chi connectivity index (χ2v) is 4.14. The molecule has 78 valence electrons. The van der Waals surface area contributed by atoms with Crippen LogP contribution < -0.4 is 5.32 Å². The molecule has 0 fully saturated rings. The van der Waals surface area contributed by atoms with Crippen LogP contribution >= 0.6 is 11.7 Å². The maximum absolute atomic E-state index is 11.4. The molecule has 1 amide bonds. The second-order valence-electron chi connectivity index (χ2n) is 3.61. The lowest BCUT2D eigenvalue weighted by molar-refractivity contribution is -0.118. The monoisotopic (exact) mass is 221 g/mol. The van der Waals surface area contributed by atoms with Crippen molar-refractivity contribution in [3.63, 3.8) is 0 Å². The predicted molar refractivity (Wildman–Crippen MR) is 60.9 cm³/mol. The Balaban J connectivity index is 2.25. The smallest absolute Gasteiger partial charge is 0.226 e. The number of aromatic nitrogens is 2. The average molecular weight is 221 g/mol. The van der Waals surface area contributed by atoms with Crippen molar-refractivity contribution >= 4 is 34.4 Å². The first-order valence-corrected chi connectivity index (χ1v) is 5.43.